The molecule has 0 bridgehead atoms. The number of nitrogens with zero attached hydrogens (tertiary/aromatic N) is 1. The average Bonchev–Trinajstić information content (AvgIpc) is 2.50. The maximum atomic E-state index is 13.3. The van der Waals surface area contributed by atoms with Crippen molar-refractivity contribution >= 4 is 28.1 Å². The molecular formula is C16H14BrFN2O2. The predicted octanol–water partition coefficient (Wildman–Crippen LogP) is 3.43. The van der Waals surface area contributed by atoms with Gasteiger partial charge in [0.2, 0.25) is 0 Å². The Hall–Kier alpha value is -2.21. The number of halogens is 2. The average molecular weight is 365 g/mol. The number of hydrogen-bond acceptors (Lipinski definition) is 3. The van der Waals surface area contributed by atoms with Crippen molar-refractivity contribution in [1.29, 1.82) is 0 Å². The molecule has 0 aliphatic carbocycles. The summed E-state index contributed by atoms with van der Waals surface area (Å²) in [4.78, 5) is 11.6. The number of benzene rings is 2. The minimum absolute atomic E-state index is 0.171. The summed E-state index contributed by atoms with van der Waals surface area (Å²) in [7, 11) is 0. The highest BCUT2D eigenvalue weighted by molar-refractivity contribution is 9.10. The second-order valence-electron chi connectivity index (χ2n) is 4.51. The van der Waals surface area contributed by atoms with Crippen LogP contribution in [0.2, 0.25) is 0 Å². The minimum atomic E-state index is -0.423. The summed E-state index contributed by atoms with van der Waals surface area (Å²) in [6, 6.07) is 11.6. The molecule has 2 aromatic carbocycles. The Bertz CT molecular complexity index is 704. The minimum Gasteiger partial charge on any atom is -0.484 e. The molecule has 0 saturated carbocycles. The van der Waals surface area contributed by atoms with E-state index in [1.807, 2.05) is 19.1 Å². The van der Waals surface area contributed by atoms with Crippen LogP contribution >= 0.6 is 15.9 Å². The van der Waals surface area contributed by atoms with Gasteiger partial charge >= 0.3 is 0 Å². The van der Waals surface area contributed by atoms with Crippen molar-refractivity contribution in [2.24, 2.45) is 5.10 Å². The van der Waals surface area contributed by atoms with Gasteiger partial charge in [0, 0.05) is 10.0 Å². The number of carbonyl (C=O) groups is 1. The van der Waals surface area contributed by atoms with E-state index in [1.165, 1.54) is 12.3 Å². The molecule has 1 amide bonds. The van der Waals surface area contributed by atoms with Crippen molar-refractivity contribution in [1.82, 2.24) is 5.43 Å². The van der Waals surface area contributed by atoms with Gasteiger partial charge in [0.1, 0.15) is 11.6 Å². The first-order chi connectivity index (χ1) is 10.6. The van der Waals surface area contributed by atoms with Crippen LogP contribution in [0, 0.1) is 12.7 Å². The molecule has 0 saturated heterocycles. The van der Waals surface area contributed by atoms with Gasteiger partial charge in [0.25, 0.3) is 5.91 Å². The second kappa shape index (κ2) is 7.70. The third-order valence-electron chi connectivity index (χ3n) is 2.80. The summed E-state index contributed by atoms with van der Waals surface area (Å²) >= 11 is 3.39. The number of rotatable bonds is 5. The first-order valence-corrected chi connectivity index (χ1v) is 7.31. The first-order valence-electron chi connectivity index (χ1n) is 6.51. The van der Waals surface area contributed by atoms with Crippen LogP contribution in [0.25, 0.3) is 0 Å². The van der Waals surface area contributed by atoms with E-state index in [4.69, 9.17) is 4.74 Å². The predicted molar refractivity (Wildman–Crippen MR) is 86.5 cm³/mol. The summed E-state index contributed by atoms with van der Waals surface area (Å²) in [5.74, 6) is -0.232. The smallest absolute Gasteiger partial charge is 0.277 e. The van der Waals surface area contributed by atoms with Crippen LogP contribution in [0.5, 0.6) is 5.75 Å². The monoisotopic (exact) mass is 364 g/mol. The van der Waals surface area contributed by atoms with Gasteiger partial charge in [-0.05, 0) is 36.8 Å². The van der Waals surface area contributed by atoms with E-state index in [0.717, 1.165) is 10.0 Å². The van der Waals surface area contributed by atoms with Crippen molar-refractivity contribution in [2.45, 2.75) is 6.92 Å². The van der Waals surface area contributed by atoms with Crippen LogP contribution < -0.4 is 10.2 Å². The lowest BCUT2D eigenvalue weighted by molar-refractivity contribution is -0.123. The van der Waals surface area contributed by atoms with Crippen LogP contribution in [-0.4, -0.2) is 18.7 Å². The SMILES string of the molecule is Cc1cc(OCC(=O)NN=Cc2ccccc2F)ccc1Br. The van der Waals surface area contributed by atoms with Gasteiger partial charge in [0.05, 0.1) is 6.21 Å². The Balaban J connectivity index is 1.83. The van der Waals surface area contributed by atoms with E-state index < -0.39 is 11.7 Å². The van der Waals surface area contributed by atoms with Gasteiger partial charge in [-0.25, -0.2) is 9.82 Å². The second-order valence-corrected chi connectivity index (χ2v) is 5.37. The third kappa shape index (κ3) is 4.66. The third-order valence-corrected chi connectivity index (χ3v) is 3.69. The zero-order valence-corrected chi connectivity index (χ0v) is 13.4. The lowest BCUT2D eigenvalue weighted by atomic mass is 10.2. The van der Waals surface area contributed by atoms with Crippen LogP contribution in [0.15, 0.2) is 52.0 Å². The highest BCUT2D eigenvalue weighted by Gasteiger charge is 2.03. The Morgan fingerprint density at radius 3 is 2.86 bits per heavy atom. The fraction of sp³-hybridized carbons (Fsp3) is 0.125. The van der Waals surface area contributed by atoms with Crippen LogP contribution in [0.1, 0.15) is 11.1 Å². The molecule has 1 N–H and O–H groups in total. The van der Waals surface area contributed by atoms with Crippen LogP contribution in [0.3, 0.4) is 0 Å². The van der Waals surface area contributed by atoms with E-state index in [2.05, 4.69) is 26.5 Å². The highest BCUT2D eigenvalue weighted by atomic mass is 79.9. The number of carbonyl (C=O) groups excluding carboxylic acids is 1. The summed E-state index contributed by atoms with van der Waals surface area (Å²) in [6.45, 7) is 1.76. The lowest BCUT2D eigenvalue weighted by Crippen LogP contribution is -2.24. The Kier molecular flexibility index (Phi) is 5.66. The molecule has 0 heterocycles. The molecule has 0 aromatic heterocycles. The van der Waals surface area contributed by atoms with Crippen molar-refractivity contribution < 1.29 is 13.9 Å². The van der Waals surface area contributed by atoms with Gasteiger partial charge in [-0.1, -0.05) is 34.1 Å². The Morgan fingerprint density at radius 1 is 1.36 bits per heavy atom. The fourth-order valence-electron chi connectivity index (χ4n) is 1.64. The molecular weight excluding hydrogens is 351 g/mol. The van der Waals surface area contributed by atoms with Crippen LogP contribution in [0.4, 0.5) is 4.39 Å². The molecule has 0 aliphatic heterocycles. The van der Waals surface area contributed by atoms with E-state index in [0.29, 0.717) is 11.3 Å². The maximum absolute atomic E-state index is 13.3. The first kappa shape index (κ1) is 16.2. The van der Waals surface area contributed by atoms with Crippen LogP contribution in [-0.2, 0) is 4.79 Å². The van der Waals surface area contributed by atoms with Crippen molar-refractivity contribution in [2.75, 3.05) is 6.61 Å². The molecule has 0 fully saturated rings. The van der Waals surface area contributed by atoms with Gasteiger partial charge in [0.15, 0.2) is 6.61 Å². The zero-order chi connectivity index (χ0) is 15.9. The Labute approximate surface area is 136 Å². The number of nitrogens with one attached hydrogen (secondary N) is 1. The number of hydrazone groups is 1. The highest BCUT2D eigenvalue weighted by Crippen LogP contribution is 2.21. The standard InChI is InChI=1S/C16H14BrFN2O2/c1-11-8-13(6-7-14(11)17)22-10-16(21)20-19-9-12-4-2-3-5-15(12)18/h2-9H,10H2,1H3,(H,20,21). The van der Waals surface area contributed by atoms with E-state index >= 15 is 0 Å². The number of aryl methyl sites for hydroxylation is 1. The molecule has 2 aromatic rings. The normalized spacial score (nSPS) is 10.7. The van der Waals surface area contributed by atoms with Crippen molar-refractivity contribution in [3.8, 4) is 5.75 Å². The largest absolute Gasteiger partial charge is 0.484 e. The van der Waals surface area contributed by atoms with E-state index in [-0.39, 0.29) is 6.61 Å². The molecule has 4 nitrogen and oxygen atoms in total. The van der Waals surface area contributed by atoms with E-state index in [1.54, 1.807) is 24.3 Å². The molecule has 22 heavy (non-hydrogen) atoms. The maximum Gasteiger partial charge on any atom is 0.277 e. The fourth-order valence-corrected chi connectivity index (χ4v) is 1.89. The van der Waals surface area contributed by atoms with Gasteiger partial charge in [-0.2, -0.15) is 5.10 Å². The zero-order valence-electron chi connectivity index (χ0n) is 11.8. The van der Waals surface area contributed by atoms with Crippen molar-refractivity contribution in [3.63, 3.8) is 0 Å². The number of hydrogen-bond donors (Lipinski definition) is 1. The molecule has 114 valence electrons. The van der Waals surface area contributed by atoms with E-state index in [9.17, 15) is 9.18 Å². The molecule has 2 rings (SSSR count). The molecule has 6 heteroatoms. The van der Waals surface area contributed by atoms with Crippen molar-refractivity contribution in [3.05, 3.63) is 63.9 Å². The molecule has 0 aliphatic rings. The topological polar surface area (TPSA) is 50.7 Å². The molecule has 0 spiro atoms. The summed E-state index contributed by atoms with van der Waals surface area (Å²) in [5, 5.41) is 3.69. The van der Waals surface area contributed by atoms with Gasteiger partial charge in [-0.15, -0.1) is 0 Å². The quantitative estimate of drug-likeness (QED) is 0.652. The van der Waals surface area contributed by atoms with Gasteiger partial charge < -0.3 is 4.74 Å². The number of amides is 1. The summed E-state index contributed by atoms with van der Waals surface area (Å²) < 4.78 is 19.6. The summed E-state index contributed by atoms with van der Waals surface area (Å²) in [5.41, 5.74) is 3.59. The number of ether oxygens (including phenoxy) is 1. The molecule has 0 atom stereocenters. The summed E-state index contributed by atoms with van der Waals surface area (Å²) in [6.07, 6.45) is 1.25. The lowest BCUT2D eigenvalue weighted by Gasteiger charge is -2.06. The van der Waals surface area contributed by atoms with Gasteiger partial charge in [-0.3, -0.25) is 4.79 Å². The Morgan fingerprint density at radius 2 is 2.14 bits per heavy atom. The molecule has 0 radical (unpaired) electrons. The molecule has 0 unspecified atom stereocenters.